The summed E-state index contributed by atoms with van der Waals surface area (Å²) in [6, 6.07) is 14.6. The Labute approximate surface area is 222 Å². The van der Waals surface area contributed by atoms with Crippen molar-refractivity contribution in [3.8, 4) is 17.2 Å². The van der Waals surface area contributed by atoms with E-state index in [4.69, 9.17) is 37.4 Å². The summed E-state index contributed by atoms with van der Waals surface area (Å²) in [7, 11) is 2.86. The Morgan fingerprint density at radius 1 is 0.919 bits per heavy atom. The number of rotatable bonds is 6. The zero-order chi connectivity index (χ0) is 26.9. The topological polar surface area (TPSA) is 102 Å². The van der Waals surface area contributed by atoms with Gasteiger partial charge in [0.05, 0.1) is 36.4 Å². The molecular weight excluding hydrogens is 521 g/mol. The Hall–Kier alpha value is -4.01. The van der Waals surface area contributed by atoms with Gasteiger partial charge in [0.15, 0.2) is 0 Å². The minimum absolute atomic E-state index is 0.0502. The van der Waals surface area contributed by atoms with Crippen LogP contribution < -0.4 is 19.1 Å². The highest BCUT2D eigenvalue weighted by atomic mass is 35.5. The Bertz CT molecular complexity index is 1420. The van der Waals surface area contributed by atoms with Gasteiger partial charge in [-0.15, -0.1) is 0 Å². The third-order valence-corrected chi connectivity index (χ3v) is 6.22. The van der Waals surface area contributed by atoms with Gasteiger partial charge < -0.3 is 19.3 Å². The maximum Gasteiger partial charge on any atom is 0.308 e. The molecule has 0 saturated carbocycles. The number of hydrogen-bond donors (Lipinski definition) is 1. The number of anilines is 1. The molecule has 1 unspecified atom stereocenters. The summed E-state index contributed by atoms with van der Waals surface area (Å²) in [5.74, 6) is -1.86. The largest absolute Gasteiger partial charge is 0.507 e. The number of ketones is 1. The van der Waals surface area contributed by atoms with Crippen molar-refractivity contribution in [2.24, 2.45) is 0 Å². The van der Waals surface area contributed by atoms with Gasteiger partial charge in [0, 0.05) is 17.6 Å². The first kappa shape index (κ1) is 26.1. The van der Waals surface area contributed by atoms with Crippen LogP contribution in [0, 0.1) is 0 Å². The SMILES string of the molecule is COc1ccc(N2C(=O)C(=O)/C(=C(/O)c3cc(Cl)cc(Cl)c3OC)C2c2ccc(OC(C)=O)cc2)cc1. The van der Waals surface area contributed by atoms with E-state index in [2.05, 4.69) is 0 Å². The van der Waals surface area contributed by atoms with Crippen LogP contribution in [0.4, 0.5) is 5.69 Å². The number of ether oxygens (including phenoxy) is 3. The fourth-order valence-electron chi connectivity index (χ4n) is 4.13. The number of methoxy groups -OCH3 is 2. The van der Waals surface area contributed by atoms with Crippen molar-refractivity contribution in [2.45, 2.75) is 13.0 Å². The first-order chi connectivity index (χ1) is 17.7. The predicted octanol–water partition coefficient (Wildman–Crippen LogP) is 5.56. The average Bonchev–Trinajstić information content (AvgIpc) is 3.13. The molecule has 1 saturated heterocycles. The first-order valence-electron chi connectivity index (χ1n) is 10.9. The number of carbonyl (C=O) groups is 3. The number of halogens is 2. The summed E-state index contributed by atoms with van der Waals surface area (Å²) in [6.45, 7) is 1.27. The van der Waals surface area contributed by atoms with Crippen LogP contribution in [0.2, 0.25) is 10.0 Å². The van der Waals surface area contributed by atoms with Gasteiger partial charge in [0.2, 0.25) is 0 Å². The van der Waals surface area contributed by atoms with Crippen molar-refractivity contribution < 1.29 is 33.7 Å². The molecule has 1 atom stereocenters. The van der Waals surface area contributed by atoms with Crippen molar-refractivity contribution in [2.75, 3.05) is 19.1 Å². The fraction of sp³-hybridized carbons (Fsp3) is 0.148. The number of Topliss-reactive ketones (excluding diaryl/α,β-unsaturated/α-hetero) is 1. The normalized spacial score (nSPS) is 16.6. The number of esters is 1. The van der Waals surface area contributed by atoms with Crippen molar-refractivity contribution in [1.82, 2.24) is 0 Å². The maximum atomic E-state index is 13.4. The van der Waals surface area contributed by atoms with Gasteiger partial charge >= 0.3 is 5.97 Å². The zero-order valence-corrected chi connectivity index (χ0v) is 21.5. The highest BCUT2D eigenvalue weighted by molar-refractivity contribution is 6.52. The molecule has 4 rings (SSSR count). The minimum atomic E-state index is -1.04. The summed E-state index contributed by atoms with van der Waals surface area (Å²) in [4.78, 5) is 39.3. The number of hydrogen-bond acceptors (Lipinski definition) is 7. The van der Waals surface area contributed by atoms with E-state index >= 15 is 0 Å². The summed E-state index contributed by atoms with van der Waals surface area (Å²) in [5, 5.41) is 11.7. The van der Waals surface area contributed by atoms with Crippen molar-refractivity contribution in [3.05, 3.63) is 87.4 Å². The Kier molecular flexibility index (Phi) is 7.42. The van der Waals surface area contributed by atoms with Crippen LogP contribution in [0.3, 0.4) is 0 Å². The highest BCUT2D eigenvalue weighted by Crippen LogP contribution is 2.45. The Balaban J connectivity index is 1.95. The monoisotopic (exact) mass is 541 g/mol. The molecule has 10 heteroatoms. The molecule has 0 aliphatic carbocycles. The number of carbonyl (C=O) groups excluding carboxylic acids is 3. The van der Waals surface area contributed by atoms with Gasteiger partial charge in [-0.1, -0.05) is 35.3 Å². The molecule has 0 radical (unpaired) electrons. The average molecular weight is 542 g/mol. The molecule has 1 aliphatic heterocycles. The van der Waals surface area contributed by atoms with Crippen LogP contribution in [-0.4, -0.2) is 37.0 Å². The van der Waals surface area contributed by atoms with Gasteiger partial charge in [0.1, 0.15) is 23.0 Å². The summed E-state index contributed by atoms with van der Waals surface area (Å²) in [6.07, 6.45) is 0. The van der Waals surface area contributed by atoms with Gasteiger partial charge in [0.25, 0.3) is 11.7 Å². The zero-order valence-electron chi connectivity index (χ0n) is 20.0. The van der Waals surface area contributed by atoms with Crippen LogP contribution in [0.5, 0.6) is 17.2 Å². The van der Waals surface area contributed by atoms with Gasteiger partial charge in [-0.3, -0.25) is 19.3 Å². The van der Waals surface area contributed by atoms with E-state index in [1.54, 1.807) is 36.4 Å². The number of aliphatic hydroxyl groups is 1. The molecule has 1 aliphatic rings. The Morgan fingerprint density at radius 2 is 1.54 bits per heavy atom. The number of amides is 1. The lowest BCUT2D eigenvalue weighted by atomic mass is 9.94. The van der Waals surface area contributed by atoms with E-state index in [1.807, 2.05) is 0 Å². The quantitative estimate of drug-likeness (QED) is 0.143. The lowest BCUT2D eigenvalue weighted by Gasteiger charge is -2.26. The van der Waals surface area contributed by atoms with Crippen molar-refractivity contribution in [3.63, 3.8) is 0 Å². The third-order valence-electron chi connectivity index (χ3n) is 5.72. The standard InChI is InChI=1S/C27H21Cl2NO7/c1-14(31)37-19-8-4-15(5-9-19)23-22(24(32)20-12-16(28)13-21(29)26(20)36-3)25(33)27(34)30(23)17-6-10-18(35-2)11-7-17/h4-13,23,32H,1-3H3/b24-22+. The molecule has 0 spiro atoms. The van der Waals surface area contributed by atoms with E-state index in [1.165, 1.54) is 50.3 Å². The molecule has 1 heterocycles. The van der Waals surface area contributed by atoms with Crippen LogP contribution in [0.1, 0.15) is 24.1 Å². The van der Waals surface area contributed by atoms with E-state index in [0.29, 0.717) is 17.0 Å². The molecule has 8 nitrogen and oxygen atoms in total. The van der Waals surface area contributed by atoms with Crippen LogP contribution in [-0.2, 0) is 14.4 Å². The predicted molar refractivity (Wildman–Crippen MR) is 139 cm³/mol. The van der Waals surface area contributed by atoms with Gasteiger partial charge in [-0.25, -0.2) is 0 Å². The molecule has 0 aromatic heterocycles. The molecule has 1 N–H and O–H groups in total. The lowest BCUT2D eigenvalue weighted by Crippen LogP contribution is -2.29. The summed E-state index contributed by atoms with van der Waals surface area (Å²) in [5.41, 5.74) is 0.721. The second-order valence-corrected chi connectivity index (χ2v) is 8.84. The van der Waals surface area contributed by atoms with Crippen molar-refractivity contribution >= 4 is 52.3 Å². The van der Waals surface area contributed by atoms with Gasteiger partial charge in [-0.05, 0) is 54.1 Å². The van der Waals surface area contributed by atoms with E-state index in [0.717, 1.165) is 0 Å². The van der Waals surface area contributed by atoms with E-state index in [9.17, 15) is 19.5 Å². The number of nitrogens with zero attached hydrogens (tertiary/aromatic N) is 1. The minimum Gasteiger partial charge on any atom is -0.507 e. The van der Waals surface area contributed by atoms with Crippen LogP contribution in [0.25, 0.3) is 5.76 Å². The molecule has 3 aromatic carbocycles. The fourth-order valence-corrected chi connectivity index (χ4v) is 4.70. The summed E-state index contributed by atoms with van der Waals surface area (Å²) < 4.78 is 15.7. The molecule has 1 amide bonds. The molecule has 0 bridgehead atoms. The lowest BCUT2D eigenvalue weighted by molar-refractivity contribution is -0.132. The van der Waals surface area contributed by atoms with E-state index in [-0.39, 0.29) is 32.7 Å². The second kappa shape index (κ2) is 10.5. The number of benzene rings is 3. The third kappa shape index (κ3) is 4.98. The summed E-state index contributed by atoms with van der Waals surface area (Å²) >= 11 is 12.4. The molecule has 37 heavy (non-hydrogen) atoms. The molecule has 190 valence electrons. The molecule has 1 fully saturated rings. The maximum absolute atomic E-state index is 13.4. The van der Waals surface area contributed by atoms with E-state index < -0.39 is 29.5 Å². The van der Waals surface area contributed by atoms with Gasteiger partial charge in [-0.2, -0.15) is 0 Å². The van der Waals surface area contributed by atoms with Crippen molar-refractivity contribution in [1.29, 1.82) is 0 Å². The molecule has 3 aromatic rings. The van der Waals surface area contributed by atoms with Crippen LogP contribution >= 0.6 is 23.2 Å². The molecular formula is C27H21Cl2NO7. The smallest absolute Gasteiger partial charge is 0.308 e. The second-order valence-electron chi connectivity index (χ2n) is 8.00. The van der Waals surface area contributed by atoms with Crippen LogP contribution in [0.15, 0.2) is 66.2 Å². The highest BCUT2D eigenvalue weighted by Gasteiger charge is 2.47. The number of aliphatic hydroxyl groups excluding tert-OH is 1. The Morgan fingerprint density at radius 3 is 2.11 bits per heavy atom. The first-order valence-corrected chi connectivity index (χ1v) is 11.7.